The molecule has 1 rings (SSSR count). The zero-order chi connectivity index (χ0) is 16.7. The van der Waals surface area contributed by atoms with Gasteiger partial charge in [-0.2, -0.15) is 0 Å². The lowest BCUT2D eigenvalue weighted by molar-refractivity contribution is 0.179. The monoisotopic (exact) mass is 310 g/mol. The molecule has 5 nitrogen and oxygen atoms in total. The molecule has 0 saturated carbocycles. The van der Waals surface area contributed by atoms with E-state index in [-0.39, 0.29) is 11.2 Å². The third kappa shape index (κ3) is 6.20. The molecule has 0 aliphatic heterocycles. The van der Waals surface area contributed by atoms with Crippen molar-refractivity contribution in [2.24, 2.45) is 11.8 Å². The maximum absolute atomic E-state index is 11.8. The Bertz CT molecular complexity index is 499. The van der Waals surface area contributed by atoms with Crippen molar-refractivity contribution >= 4 is 0 Å². The first-order valence-corrected chi connectivity index (χ1v) is 7.97. The summed E-state index contributed by atoms with van der Waals surface area (Å²) in [5.74, 6) is 0.921. The molecule has 0 spiro atoms. The second kappa shape index (κ2) is 8.96. The fourth-order valence-corrected chi connectivity index (χ4v) is 2.60. The summed E-state index contributed by atoms with van der Waals surface area (Å²) in [4.78, 5) is 14.1. The summed E-state index contributed by atoms with van der Waals surface area (Å²) in [5, 5.41) is 9.66. The van der Waals surface area contributed by atoms with Gasteiger partial charge in [0.2, 0.25) is 5.43 Å². The maximum atomic E-state index is 11.8. The zero-order valence-electron chi connectivity index (χ0n) is 14.5. The van der Waals surface area contributed by atoms with Gasteiger partial charge in [-0.25, -0.2) is 0 Å². The van der Waals surface area contributed by atoms with Gasteiger partial charge in [-0.1, -0.05) is 27.7 Å². The van der Waals surface area contributed by atoms with Crippen LogP contribution in [0.1, 0.15) is 33.4 Å². The van der Waals surface area contributed by atoms with Crippen LogP contribution in [0, 0.1) is 11.8 Å². The fraction of sp³-hybridized carbons (Fsp3) is 0.706. The van der Waals surface area contributed by atoms with Gasteiger partial charge in [0.15, 0.2) is 5.75 Å². The standard InChI is InChI=1S/C17H30N2O3/c1-13(2)9-18(10-14(3)4)11-15-8-16(20)17(21)12-19(15)6-7-22-5/h8,12-14,21H,6-7,9-11H2,1-5H3. The van der Waals surface area contributed by atoms with E-state index in [9.17, 15) is 9.90 Å². The highest BCUT2D eigenvalue weighted by Crippen LogP contribution is 2.12. The fourth-order valence-electron chi connectivity index (χ4n) is 2.60. The lowest BCUT2D eigenvalue weighted by atomic mass is 10.1. The van der Waals surface area contributed by atoms with Crippen LogP contribution in [0.5, 0.6) is 5.75 Å². The second-order valence-corrected chi connectivity index (χ2v) is 6.68. The van der Waals surface area contributed by atoms with Crippen molar-refractivity contribution in [3.8, 4) is 5.75 Å². The van der Waals surface area contributed by atoms with E-state index < -0.39 is 0 Å². The highest BCUT2D eigenvalue weighted by molar-refractivity contribution is 5.20. The van der Waals surface area contributed by atoms with E-state index in [0.29, 0.717) is 31.5 Å². The van der Waals surface area contributed by atoms with Gasteiger partial charge in [0.1, 0.15) is 0 Å². The highest BCUT2D eigenvalue weighted by Gasteiger charge is 2.13. The molecule has 0 aliphatic rings. The van der Waals surface area contributed by atoms with Gasteiger partial charge >= 0.3 is 0 Å². The third-order valence-corrected chi connectivity index (χ3v) is 3.37. The summed E-state index contributed by atoms with van der Waals surface area (Å²) in [7, 11) is 1.64. The molecule has 1 aromatic rings. The van der Waals surface area contributed by atoms with E-state index in [1.54, 1.807) is 13.2 Å². The summed E-state index contributed by atoms with van der Waals surface area (Å²) >= 11 is 0. The van der Waals surface area contributed by atoms with Gasteiger partial charge in [-0.15, -0.1) is 0 Å². The number of rotatable bonds is 9. The minimum absolute atomic E-state index is 0.209. The van der Waals surface area contributed by atoms with Crippen LogP contribution in [-0.2, 0) is 17.8 Å². The van der Waals surface area contributed by atoms with E-state index in [1.807, 2.05) is 4.57 Å². The summed E-state index contributed by atoms with van der Waals surface area (Å²) in [6, 6.07) is 1.54. The summed E-state index contributed by atoms with van der Waals surface area (Å²) in [6.07, 6.45) is 1.51. The van der Waals surface area contributed by atoms with Gasteiger partial charge < -0.3 is 14.4 Å². The molecular weight excluding hydrogens is 280 g/mol. The second-order valence-electron chi connectivity index (χ2n) is 6.68. The van der Waals surface area contributed by atoms with E-state index in [1.165, 1.54) is 6.20 Å². The molecule has 22 heavy (non-hydrogen) atoms. The van der Waals surface area contributed by atoms with E-state index in [0.717, 1.165) is 18.8 Å². The molecule has 0 aromatic carbocycles. The summed E-state index contributed by atoms with van der Waals surface area (Å²) in [6.45, 7) is 12.6. The minimum atomic E-state index is -0.322. The Balaban J connectivity index is 3.00. The number of ether oxygens (including phenoxy) is 1. The Hall–Kier alpha value is -1.33. The first kappa shape index (κ1) is 18.7. The smallest absolute Gasteiger partial charge is 0.223 e. The van der Waals surface area contributed by atoms with Crippen LogP contribution >= 0.6 is 0 Å². The molecule has 0 radical (unpaired) electrons. The summed E-state index contributed by atoms with van der Waals surface area (Å²) < 4.78 is 7.02. The highest BCUT2D eigenvalue weighted by atomic mass is 16.5. The SMILES string of the molecule is COCCn1cc(O)c(=O)cc1CN(CC(C)C)CC(C)C. The molecule has 0 aliphatic carbocycles. The van der Waals surface area contributed by atoms with Gasteiger partial charge in [-0.05, 0) is 11.8 Å². The number of pyridine rings is 1. The Morgan fingerprint density at radius 3 is 2.32 bits per heavy atom. The number of hydrogen-bond acceptors (Lipinski definition) is 4. The van der Waals surface area contributed by atoms with Crippen molar-refractivity contribution in [1.82, 2.24) is 9.47 Å². The molecule has 1 heterocycles. The Labute approximate surface area is 133 Å². The predicted molar refractivity (Wildman–Crippen MR) is 89.2 cm³/mol. The Morgan fingerprint density at radius 1 is 1.23 bits per heavy atom. The van der Waals surface area contributed by atoms with Crippen molar-refractivity contribution in [1.29, 1.82) is 0 Å². The van der Waals surface area contributed by atoms with E-state index in [2.05, 4.69) is 32.6 Å². The average Bonchev–Trinajstić information content (AvgIpc) is 2.39. The van der Waals surface area contributed by atoms with Gasteiger partial charge in [-0.3, -0.25) is 9.69 Å². The van der Waals surface area contributed by atoms with E-state index >= 15 is 0 Å². The average molecular weight is 310 g/mol. The van der Waals surface area contributed by atoms with Crippen molar-refractivity contribution < 1.29 is 9.84 Å². The number of hydrogen-bond donors (Lipinski definition) is 1. The van der Waals surface area contributed by atoms with Crippen LogP contribution in [-0.4, -0.2) is 41.4 Å². The molecule has 0 fully saturated rings. The zero-order valence-corrected chi connectivity index (χ0v) is 14.5. The van der Waals surface area contributed by atoms with Gasteiger partial charge in [0.05, 0.1) is 12.8 Å². The van der Waals surface area contributed by atoms with Crippen molar-refractivity contribution in [3.05, 3.63) is 28.2 Å². The normalized spacial score (nSPS) is 11.8. The minimum Gasteiger partial charge on any atom is -0.503 e. The maximum Gasteiger partial charge on any atom is 0.223 e. The van der Waals surface area contributed by atoms with Crippen LogP contribution in [0.25, 0.3) is 0 Å². The molecule has 5 heteroatoms. The molecule has 0 saturated heterocycles. The largest absolute Gasteiger partial charge is 0.503 e. The van der Waals surface area contributed by atoms with E-state index in [4.69, 9.17) is 4.74 Å². The molecule has 0 amide bonds. The first-order valence-electron chi connectivity index (χ1n) is 7.97. The molecule has 0 unspecified atom stereocenters. The molecule has 0 bridgehead atoms. The predicted octanol–water partition coefficient (Wildman–Crippen LogP) is 2.31. The quantitative estimate of drug-likeness (QED) is 0.760. The number of nitrogens with zero attached hydrogens (tertiary/aromatic N) is 2. The number of aromatic hydroxyl groups is 1. The summed E-state index contributed by atoms with van der Waals surface area (Å²) in [5.41, 5.74) is 0.596. The van der Waals surface area contributed by atoms with Crippen LogP contribution in [0.2, 0.25) is 0 Å². The van der Waals surface area contributed by atoms with Gasteiger partial charge in [0.25, 0.3) is 0 Å². The lowest BCUT2D eigenvalue weighted by Crippen LogP contribution is -2.32. The lowest BCUT2D eigenvalue weighted by Gasteiger charge is -2.27. The molecule has 1 N–H and O–H groups in total. The molecule has 0 atom stereocenters. The number of methoxy groups -OCH3 is 1. The third-order valence-electron chi connectivity index (χ3n) is 3.37. The first-order chi connectivity index (χ1) is 10.3. The van der Waals surface area contributed by atoms with Gasteiger partial charge in [0, 0.05) is 45.0 Å². The van der Waals surface area contributed by atoms with Crippen molar-refractivity contribution in [2.45, 2.75) is 40.8 Å². The Kier molecular flexibility index (Phi) is 7.62. The van der Waals surface area contributed by atoms with Crippen molar-refractivity contribution in [2.75, 3.05) is 26.8 Å². The number of aromatic nitrogens is 1. The van der Waals surface area contributed by atoms with Crippen molar-refractivity contribution in [3.63, 3.8) is 0 Å². The molecule has 1 aromatic heterocycles. The van der Waals surface area contributed by atoms with Crippen LogP contribution in [0.15, 0.2) is 17.1 Å². The molecular formula is C17H30N2O3. The Morgan fingerprint density at radius 2 is 1.82 bits per heavy atom. The van der Waals surface area contributed by atoms with Crippen LogP contribution in [0.4, 0.5) is 0 Å². The van der Waals surface area contributed by atoms with Crippen LogP contribution < -0.4 is 5.43 Å². The molecule has 126 valence electrons. The topological polar surface area (TPSA) is 54.7 Å². The van der Waals surface area contributed by atoms with Crippen LogP contribution in [0.3, 0.4) is 0 Å².